The molecule has 0 aliphatic rings. The normalized spacial score (nSPS) is 11.1. The molecule has 4 nitrogen and oxygen atoms in total. The van der Waals surface area contributed by atoms with Gasteiger partial charge in [0.05, 0.1) is 11.7 Å². The van der Waals surface area contributed by atoms with E-state index in [-0.39, 0.29) is 0 Å². The van der Waals surface area contributed by atoms with Crippen LogP contribution in [0, 0.1) is 6.92 Å². The van der Waals surface area contributed by atoms with Gasteiger partial charge >= 0.3 is 0 Å². The van der Waals surface area contributed by atoms with Crippen LogP contribution in [0.15, 0.2) is 53.8 Å². The highest BCUT2D eigenvalue weighted by Crippen LogP contribution is 2.20. The molecule has 3 rings (SSSR count). The highest BCUT2D eigenvalue weighted by atomic mass is 35.5. The van der Waals surface area contributed by atoms with Gasteiger partial charge in [-0.3, -0.25) is 5.43 Å². The molecule has 0 saturated heterocycles. The summed E-state index contributed by atoms with van der Waals surface area (Å²) in [6.45, 7) is 2.03. The second kappa shape index (κ2) is 5.89. The first kappa shape index (κ1) is 13.5. The molecule has 0 aliphatic heterocycles. The van der Waals surface area contributed by atoms with Gasteiger partial charge in [-0.05, 0) is 36.8 Å². The fourth-order valence-corrected chi connectivity index (χ4v) is 2.15. The standard InChI is InChI=1S/C16H13ClN4/c1-11-5-6-12-9-13(16(17)20-14(12)8-11)10-19-21-15-4-2-3-7-18-15/h2-10H,1H3,(H,18,21)/b19-10+. The molecule has 1 N–H and O–H groups in total. The summed E-state index contributed by atoms with van der Waals surface area (Å²) in [6, 6.07) is 13.6. The number of hydrogen-bond donors (Lipinski definition) is 1. The summed E-state index contributed by atoms with van der Waals surface area (Å²) in [5.41, 5.74) is 5.65. The number of fused-ring (bicyclic) bond motifs is 1. The molecule has 104 valence electrons. The monoisotopic (exact) mass is 296 g/mol. The molecular weight excluding hydrogens is 284 g/mol. The molecule has 21 heavy (non-hydrogen) atoms. The fourth-order valence-electron chi connectivity index (χ4n) is 1.96. The van der Waals surface area contributed by atoms with E-state index in [1.807, 2.05) is 49.4 Å². The third-order valence-electron chi connectivity index (χ3n) is 3.00. The molecule has 0 radical (unpaired) electrons. The van der Waals surface area contributed by atoms with Crippen molar-refractivity contribution >= 4 is 34.5 Å². The number of nitrogens with zero attached hydrogens (tertiary/aromatic N) is 3. The number of nitrogens with one attached hydrogen (secondary N) is 1. The maximum atomic E-state index is 6.19. The Hall–Kier alpha value is -2.46. The number of benzene rings is 1. The summed E-state index contributed by atoms with van der Waals surface area (Å²) in [6.07, 6.45) is 3.34. The Morgan fingerprint density at radius 3 is 2.90 bits per heavy atom. The van der Waals surface area contributed by atoms with Crippen LogP contribution in [0.25, 0.3) is 10.9 Å². The SMILES string of the molecule is Cc1ccc2cc(/C=N/Nc3ccccn3)c(Cl)nc2c1. The van der Waals surface area contributed by atoms with Crippen LogP contribution in [0.4, 0.5) is 5.82 Å². The van der Waals surface area contributed by atoms with Crippen LogP contribution in [-0.4, -0.2) is 16.2 Å². The first-order valence-electron chi connectivity index (χ1n) is 6.49. The average Bonchev–Trinajstić information content (AvgIpc) is 2.49. The van der Waals surface area contributed by atoms with E-state index >= 15 is 0 Å². The summed E-state index contributed by atoms with van der Waals surface area (Å²) in [7, 11) is 0. The van der Waals surface area contributed by atoms with Gasteiger partial charge in [0.2, 0.25) is 0 Å². The van der Waals surface area contributed by atoms with Crippen molar-refractivity contribution in [2.75, 3.05) is 5.43 Å². The Bertz CT molecular complexity index is 800. The third-order valence-corrected chi connectivity index (χ3v) is 3.30. The number of halogens is 1. The number of anilines is 1. The molecule has 0 fully saturated rings. The zero-order valence-electron chi connectivity index (χ0n) is 11.4. The molecule has 0 unspecified atom stereocenters. The van der Waals surface area contributed by atoms with Gasteiger partial charge in [0, 0.05) is 17.1 Å². The highest BCUT2D eigenvalue weighted by molar-refractivity contribution is 6.32. The van der Waals surface area contributed by atoms with E-state index in [0.717, 1.165) is 22.0 Å². The number of rotatable bonds is 3. The number of pyridine rings is 2. The maximum absolute atomic E-state index is 6.19. The molecule has 0 atom stereocenters. The maximum Gasteiger partial charge on any atom is 0.146 e. The summed E-state index contributed by atoms with van der Waals surface area (Å²) in [5, 5.41) is 5.60. The molecule has 0 amide bonds. The first-order chi connectivity index (χ1) is 10.2. The van der Waals surface area contributed by atoms with E-state index in [2.05, 4.69) is 20.5 Å². The number of aryl methyl sites for hydroxylation is 1. The Balaban J connectivity index is 1.86. The molecule has 0 saturated carbocycles. The van der Waals surface area contributed by atoms with E-state index in [9.17, 15) is 0 Å². The molecule has 3 aromatic rings. The van der Waals surface area contributed by atoms with Gasteiger partial charge in [0.1, 0.15) is 11.0 Å². The van der Waals surface area contributed by atoms with Crippen molar-refractivity contribution in [1.29, 1.82) is 0 Å². The molecule has 0 bridgehead atoms. The Kier molecular flexibility index (Phi) is 3.79. The summed E-state index contributed by atoms with van der Waals surface area (Å²) >= 11 is 6.19. The molecule has 0 spiro atoms. The average molecular weight is 297 g/mol. The van der Waals surface area contributed by atoms with Gasteiger partial charge in [0.25, 0.3) is 0 Å². The fraction of sp³-hybridized carbons (Fsp3) is 0.0625. The van der Waals surface area contributed by atoms with Crippen molar-refractivity contribution in [2.24, 2.45) is 5.10 Å². The zero-order valence-corrected chi connectivity index (χ0v) is 12.2. The van der Waals surface area contributed by atoms with Crippen LogP contribution in [0.3, 0.4) is 0 Å². The van der Waals surface area contributed by atoms with Gasteiger partial charge in [-0.15, -0.1) is 0 Å². The van der Waals surface area contributed by atoms with Crippen molar-refractivity contribution in [1.82, 2.24) is 9.97 Å². The lowest BCUT2D eigenvalue weighted by molar-refractivity contribution is 1.23. The predicted octanol–water partition coefficient (Wildman–Crippen LogP) is 4.04. The molecule has 2 heterocycles. The van der Waals surface area contributed by atoms with Crippen LogP contribution in [0.2, 0.25) is 5.15 Å². The van der Waals surface area contributed by atoms with Gasteiger partial charge < -0.3 is 0 Å². The van der Waals surface area contributed by atoms with Crippen LogP contribution >= 0.6 is 11.6 Å². The number of hydrazone groups is 1. The molecule has 1 aromatic carbocycles. The van der Waals surface area contributed by atoms with Crippen LogP contribution < -0.4 is 5.43 Å². The smallest absolute Gasteiger partial charge is 0.146 e. The van der Waals surface area contributed by atoms with Crippen LogP contribution in [-0.2, 0) is 0 Å². The lowest BCUT2D eigenvalue weighted by atomic mass is 10.1. The topological polar surface area (TPSA) is 50.2 Å². The van der Waals surface area contributed by atoms with Gasteiger partial charge in [-0.25, -0.2) is 9.97 Å². The van der Waals surface area contributed by atoms with E-state index in [4.69, 9.17) is 11.6 Å². The Labute approximate surface area is 127 Å². The largest absolute Gasteiger partial charge is 0.261 e. The second-order valence-corrected chi connectivity index (χ2v) is 5.01. The Morgan fingerprint density at radius 1 is 1.19 bits per heavy atom. The van der Waals surface area contributed by atoms with Crippen LogP contribution in [0.1, 0.15) is 11.1 Å². The van der Waals surface area contributed by atoms with Crippen molar-refractivity contribution in [3.8, 4) is 0 Å². The zero-order chi connectivity index (χ0) is 14.7. The second-order valence-electron chi connectivity index (χ2n) is 4.65. The minimum Gasteiger partial charge on any atom is -0.261 e. The summed E-state index contributed by atoms with van der Waals surface area (Å²) < 4.78 is 0. The van der Waals surface area contributed by atoms with Gasteiger partial charge in [-0.1, -0.05) is 29.8 Å². The number of aromatic nitrogens is 2. The summed E-state index contributed by atoms with van der Waals surface area (Å²) in [4.78, 5) is 8.51. The van der Waals surface area contributed by atoms with Crippen molar-refractivity contribution in [3.05, 3.63) is 64.9 Å². The van der Waals surface area contributed by atoms with E-state index in [1.165, 1.54) is 0 Å². The van der Waals surface area contributed by atoms with Crippen molar-refractivity contribution < 1.29 is 0 Å². The van der Waals surface area contributed by atoms with Crippen molar-refractivity contribution in [2.45, 2.75) is 6.92 Å². The Morgan fingerprint density at radius 2 is 2.10 bits per heavy atom. The minimum atomic E-state index is 0.430. The van der Waals surface area contributed by atoms with Gasteiger partial charge in [-0.2, -0.15) is 5.10 Å². The first-order valence-corrected chi connectivity index (χ1v) is 6.87. The lowest BCUT2D eigenvalue weighted by Crippen LogP contribution is -1.94. The van der Waals surface area contributed by atoms with Crippen molar-refractivity contribution in [3.63, 3.8) is 0 Å². The van der Waals surface area contributed by atoms with E-state index < -0.39 is 0 Å². The van der Waals surface area contributed by atoms with E-state index in [0.29, 0.717) is 11.0 Å². The minimum absolute atomic E-state index is 0.430. The predicted molar refractivity (Wildman–Crippen MR) is 86.9 cm³/mol. The van der Waals surface area contributed by atoms with Gasteiger partial charge in [0.15, 0.2) is 0 Å². The molecule has 0 aliphatic carbocycles. The highest BCUT2D eigenvalue weighted by Gasteiger charge is 2.03. The third kappa shape index (κ3) is 3.17. The lowest BCUT2D eigenvalue weighted by Gasteiger charge is -2.03. The quantitative estimate of drug-likeness (QED) is 0.451. The molecule has 2 aromatic heterocycles. The molecule has 5 heteroatoms. The molecular formula is C16H13ClN4. The van der Waals surface area contributed by atoms with Crippen LogP contribution in [0.5, 0.6) is 0 Å². The number of hydrogen-bond acceptors (Lipinski definition) is 4. The summed E-state index contributed by atoms with van der Waals surface area (Å²) in [5.74, 6) is 0.675. The van der Waals surface area contributed by atoms with E-state index in [1.54, 1.807) is 12.4 Å².